The molecule has 1 aromatic rings. The van der Waals surface area contributed by atoms with Crippen molar-refractivity contribution in [3.8, 4) is 0 Å². The van der Waals surface area contributed by atoms with Crippen LogP contribution in [-0.4, -0.2) is 45.4 Å². The lowest BCUT2D eigenvalue weighted by atomic mass is 10.2. The van der Waals surface area contributed by atoms with E-state index in [4.69, 9.17) is 9.47 Å². The van der Waals surface area contributed by atoms with Crippen LogP contribution in [0.1, 0.15) is 19.4 Å². The lowest BCUT2D eigenvalue weighted by Crippen LogP contribution is -2.39. The third kappa shape index (κ3) is 9.05. The second kappa shape index (κ2) is 12.2. The summed E-state index contributed by atoms with van der Waals surface area (Å²) in [6.07, 6.45) is 0. The van der Waals surface area contributed by atoms with Crippen LogP contribution in [0.3, 0.4) is 0 Å². The minimum atomic E-state index is 0.639. The van der Waals surface area contributed by atoms with E-state index in [0.717, 1.165) is 25.7 Å². The molecule has 0 aliphatic rings. The van der Waals surface area contributed by atoms with E-state index in [1.165, 1.54) is 5.56 Å². The molecule has 5 heteroatoms. The van der Waals surface area contributed by atoms with Crippen LogP contribution in [-0.2, 0) is 16.1 Å². The summed E-state index contributed by atoms with van der Waals surface area (Å²) in [5.41, 5.74) is 1.19. The fourth-order valence-corrected chi connectivity index (χ4v) is 1.71. The fourth-order valence-electron chi connectivity index (χ4n) is 1.71. The van der Waals surface area contributed by atoms with Gasteiger partial charge in [-0.2, -0.15) is 0 Å². The topological polar surface area (TPSA) is 54.9 Å². The Morgan fingerprint density at radius 1 is 1.05 bits per heavy atom. The molecule has 0 bridgehead atoms. The molecule has 0 saturated carbocycles. The highest BCUT2D eigenvalue weighted by atomic mass is 16.5. The average Bonchev–Trinajstić information content (AvgIpc) is 2.52. The normalized spacial score (nSPS) is 11.4. The number of aliphatic imine (C=N–C) groups is 1. The fraction of sp³-hybridized carbons (Fsp3) is 0.562. The van der Waals surface area contributed by atoms with Gasteiger partial charge in [0.05, 0.1) is 26.4 Å². The summed E-state index contributed by atoms with van der Waals surface area (Å²) in [6, 6.07) is 10.2. The molecule has 0 aromatic heterocycles. The van der Waals surface area contributed by atoms with Crippen LogP contribution >= 0.6 is 0 Å². The van der Waals surface area contributed by atoms with E-state index in [0.29, 0.717) is 26.4 Å². The lowest BCUT2D eigenvalue weighted by molar-refractivity contribution is 0.125. The Morgan fingerprint density at radius 2 is 1.86 bits per heavy atom. The Hall–Kier alpha value is -1.59. The molecule has 1 rings (SSSR count). The molecule has 1 aromatic carbocycles. The van der Waals surface area contributed by atoms with E-state index in [1.807, 2.05) is 32.0 Å². The van der Waals surface area contributed by atoms with Gasteiger partial charge in [-0.3, -0.25) is 4.99 Å². The van der Waals surface area contributed by atoms with Crippen molar-refractivity contribution in [2.24, 2.45) is 4.99 Å². The van der Waals surface area contributed by atoms with E-state index in [-0.39, 0.29) is 0 Å². The molecular formula is C16H27N3O2. The van der Waals surface area contributed by atoms with Gasteiger partial charge in [-0.05, 0) is 19.4 Å². The van der Waals surface area contributed by atoms with E-state index in [2.05, 4.69) is 27.8 Å². The highest BCUT2D eigenvalue weighted by Gasteiger charge is 1.97. The summed E-state index contributed by atoms with van der Waals surface area (Å²) >= 11 is 0. The number of guanidine groups is 1. The number of nitrogens with one attached hydrogen (secondary N) is 2. The second-order valence-electron chi connectivity index (χ2n) is 4.42. The number of hydrogen-bond acceptors (Lipinski definition) is 3. The Morgan fingerprint density at radius 3 is 2.57 bits per heavy atom. The standard InChI is InChI=1S/C16H27N3O2/c1-3-17-16(18-10-12-20-4-2)19-11-13-21-14-15-8-6-5-7-9-15/h5-9H,3-4,10-14H2,1-2H3,(H2,17,18,19). The van der Waals surface area contributed by atoms with Crippen molar-refractivity contribution in [3.63, 3.8) is 0 Å². The third-order valence-corrected chi connectivity index (χ3v) is 2.70. The van der Waals surface area contributed by atoms with Gasteiger partial charge in [0.2, 0.25) is 0 Å². The number of hydrogen-bond donors (Lipinski definition) is 2. The second-order valence-corrected chi connectivity index (χ2v) is 4.42. The van der Waals surface area contributed by atoms with Crippen LogP contribution in [0.15, 0.2) is 35.3 Å². The largest absolute Gasteiger partial charge is 0.380 e. The van der Waals surface area contributed by atoms with E-state index in [1.54, 1.807) is 0 Å². The highest BCUT2D eigenvalue weighted by molar-refractivity contribution is 5.79. The first-order valence-electron chi connectivity index (χ1n) is 7.58. The predicted molar refractivity (Wildman–Crippen MR) is 86.6 cm³/mol. The molecular weight excluding hydrogens is 266 g/mol. The number of rotatable bonds is 10. The van der Waals surface area contributed by atoms with Gasteiger partial charge in [-0.25, -0.2) is 0 Å². The maximum Gasteiger partial charge on any atom is 0.191 e. The molecule has 0 unspecified atom stereocenters. The molecule has 21 heavy (non-hydrogen) atoms. The summed E-state index contributed by atoms with van der Waals surface area (Å²) in [4.78, 5) is 4.42. The molecule has 118 valence electrons. The van der Waals surface area contributed by atoms with Crippen molar-refractivity contribution >= 4 is 5.96 Å². The first-order chi connectivity index (χ1) is 10.4. The molecule has 0 radical (unpaired) electrons. The highest BCUT2D eigenvalue weighted by Crippen LogP contribution is 1.99. The summed E-state index contributed by atoms with van der Waals surface area (Å²) < 4.78 is 10.9. The molecule has 0 saturated heterocycles. The van der Waals surface area contributed by atoms with Gasteiger partial charge in [0.25, 0.3) is 0 Å². The van der Waals surface area contributed by atoms with Crippen molar-refractivity contribution < 1.29 is 9.47 Å². The zero-order chi connectivity index (χ0) is 15.2. The van der Waals surface area contributed by atoms with Gasteiger partial charge in [0.15, 0.2) is 5.96 Å². The first kappa shape index (κ1) is 17.5. The van der Waals surface area contributed by atoms with Crippen LogP contribution in [0.4, 0.5) is 0 Å². The average molecular weight is 293 g/mol. The Balaban J connectivity index is 2.14. The predicted octanol–water partition coefficient (Wildman–Crippen LogP) is 1.79. The van der Waals surface area contributed by atoms with Gasteiger partial charge in [0, 0.05) is 19.7 Å². The molecule has 0 fully saturated rings. The quantitative estimate of drug-likeness (QED) is 0.392. The minimum Gasteiger partial charge on any atom is -0.380 e. The number of benzene rings is 1. The van der Waals surface area contributed by atoms with Gasteiger partial charge in [0.1, 0.15) is 0 Å². The summed E-state index contributed by atoms with van der Waals surface area (Å²) in [6.45, 7) is 8.92. The van der Waals surface area contributed by atoms with Crippen LogP contribution in [0.25, 0.3) is 0 Å². The summed E-state index contributed by atoms with van der Waals surface area (Å²) in [5, 5.41) is 6.44. The molecule has 0 amide bonds. The van der Waals surface area contributed by atoms with E-state index in [9.17, 15) is 0 Å². The minimum absolute atomic E-state index is 0.639. The number of nitrogens with zero attached hydrogens (tertiary/aromatic N) is 1. The van der Waals surface area contributed by atoms with E-state index < -0.39 is 0 Å². The molecule has 5 nitrogen and oxygen atoms in total. The van der Waals surface area contributed by atoms with Crippen molar-refractivity contribution in [3.05, 3.63) is 35.9 Å². The smallest absolute Gasteiger partial charge is 0.191 e. The molecule has 0 heterocycles. The molecule has 0 atom stereocenters. The first-order valence-corrected chi connectivity index (χ1v) is 7.58. The van der Waals surface area contributed by atoms with Crippen LogP contribution in [0.5, 0.6) is 0 Å². The van der Waals surface area contributed by atoms with Crippen molar-refractivity contribution in [2.45, 2.75) is 20.5 Å². The summed E-state index contributed by atoms with van der Waals surface area (Å²) in [5.74, 6) is 0.806. The van der Waals surface area contributed by atoms with Gasteiger partial charge < -0.3 is 20.1 Å². The summed E-state index contributed by atoms with van der Waals surface area (Å²) in [7, 11) is 0. The van der Waals surface area contributed by atoms with Crippen LogP contribution < -0.4 is 10.6 Å². The number of ether oxygens (including phenoxy) is 2. The van der Waals surface area contributed by atoms with E-state index >= 15 is 0 Å². The maximum absolute atomic E-state index is 5.62. The van der Waals surface area contributed by atoms with Crippen molar-refractivity contribution in [1.29, 1.82) is 0 Å². The SMILES string of the molecule is CCNC(=NCCOCC)NCCOCc1ccccc1. The zero-order valence-corrected chi connectivity index (χ0v) is 13.1. The van der Waals surface area contributed by atoms with Crippen molar-refractivity contribution in [1.82, 2.24) is 10.6 Å². The zero-order valence-electron chi connectivity index (χ0n) is 13.1. The molecule has 0 aliphatic carbocycles. The van der Waals surface area contributed by atoms with Gasteiger partial charge in [-0.1, -0.05) is 30.3 Å². The Bertz CT molecular complexity index is 382. The Kier molecular flexibility index (Phi) is 10.1. The van der Waals surface area contributed by atoms with Crippen LogP contribution in [0, 0.1) is 0 Å². The van der Waals surface area contributed by atoms with Gasteiger partial charge in [-0.15, -0.1) is 0 Å². The van der Waals surface area contributed by atoms with Gasteiger partial charge >= 0.3 is 0 Å². The molecule has 2 N–H and O–H groups in total. The third-order valence-electron chi connectivity index (χ3n) is 2.70. The lowest BCUT2D eigenvalue weighted by Gasteiger charge is -2.11. The monoisotopic (exact) mass is 293 g/mol. The van der Waals surface area contributed by atoms with Crippen LogP contribution in [0.2, 0.25) is 0 Å². The van der Waals surface area contributed by atoms with Crippen molar-refractivity contribution in [2.75, 3.05) is 39.5 Å². The Labute approximate surface area is 127 Å². The maximum atomic E-state index is 5.62. The molecule has 0 aliphatic heterocycles. The molecule has 0 spiro atoms.